The van der Waals surface area contributed by atoms with E-state index in [-0.39, 0.29) is 0 Å². The second-order valence-corrected chi connectivity index (χ2v) is 7.13. The van der Waals surface area contributed by atoms with Crippen LogP contribution in [0.15, 0.2) is 0 Å². The summed E-state index contributed by atoms with van der Waals surface area (Å²) in [5, 5.41) is 2.05. The second-order valence-electron chi connectivity index (χ2n) is 7.13. The molecule has 140 valence electrons. The van der Waals surface area contributed by atoms with E-state index in [2.05, 4.69) is 26.0 Å². The van der Waals surface area contributed by atoms with E-state index in [1.807, 2.05) is 0 Å². The molecule has 0 unspecified atom stereocenters. The summed E-state index contributed by atoms with van der Waals surface area (Å²) in [4.78, 5) is 5.78. The van der Waals surface area contributed by atoms with Crippen molar-refractivity contribution in [3.63, 3.8) is 0 Å². The first-order valence-electron chi connectivity index (χ1n) is 10.6. The van der Waals surface area contributed by atoms with Gasteiger partial charge in [-0.1, -0.05) is 104 Å². The Morgan fingerprint density at radius 3 is 1.39 bits per heavy atom. The van der Waals surface area contributed by atoms with Crippen LogP contribution in [-0.2, 0) is 4.84 Å². The normalized spacial score (nSPS) is 11.5. The topological polar surface area (TPSA) is 12.5 Å². The van der Waals surface area contributed by atoms with Gasteiger partial charge >= 0.3 is 0 Å². The summed E-state index contributed by atoms with van der Waals surface area (Å²) >= 11 is 0. The van der Waals surface area contributed by atoms with Gasteiger partial charge in [0.05, 0.1) is 6.61 Å². The Morgan fingerprint density at radius 1 is 0.522 bits per heavy atom. The number of unbranched alkanes of at least 4 members (excludes halogenated alkanes) is 14. The minimum Gasteiger partial charge on any atom is -0.299 e. The van der Waals surface area contributed by atoms with Crippen LogP contribution in [0.5, 0.6) is 0 Å². The van der Waals surface area contributed by atoms with Gasteiger partial charge in [0.2, 0.25) is 0 Å². The standard InChI is InChI=1S/C21H45NO/c1-4-6-8-10-12-14-16-18-20-22(3)23-21-19-17-15-13-11-9-7-5-2/h4-21H2,1-3H3. The zero-order valence-electron chi connectivity index (χ0n) is 16.6. The Labute approximate surface area is 147 Å². The monoisotopic (exact) mass is 327 g/mol. The summed E-state index contributed by atoms with van der Waals surface area (Å²) in [6.07, 6.45) is 22.0. The zero-order valence-corrected chi connectivity index (χ0v) is 16.6. The van der Waals surface area contributed by atoms with Crippen LogP contribution in [-0.4, -0.2) is 25.3 Å². The number of nitrogens with zero attached hydrogens (tertiary/aromatic N) is 1. The van der Waals surface area contributed by atoms with Gasteiger partial charge in [-0.25, -0.2) is 0 Å². The highest BCUT2D eigenvalue weighted by molar-refractivity contribution is 4.48. The van der Waals surface area contributed by atoms with Gasteiger partial charge in [-0.3, -0.25) is 4.84 Å². The Kier molecular flexibility index (Phi) is 19.9. The molecular formula is C21H45NO. The minimum atomic E-state index is 0.905. The number of rotatable bonds is 19. The van der Waals surface area contributed by atoms with Gasteiger partial charge in [0.25, 0.3) is 0 Å². The van der Waals surface area contributed by atoms with Crippen LogP contribution in [0, 0.1) is 0 Å². The maximum Gasteiger partial charge on any atom is 0.0684 e. The molecule has 0 saturated heterocycles. The second kappa shape index (κ2) is 20.0. The van der Waals surface area contributed by atoms with Crippen molar-refractivity contribution in [1.29, 1.82) is 0 Å². The average molecular weight is 328 g/mol. The fourth-order valence-corrected chi connectivity index (χ4v) is 2.99. The fourth-order valence-electron chi connectivity index (χ4n) is 2.99. The van der Waals surface area contributed by atoms with E-state index < -0.39 is 0 Å². The molecule has 0 amide bonds. The lowest BCUT2D eigenvalue weighted by Crippen LogP contribution is -2.20. The number of hydrogen-bond donors (Lipinski definition) is 0. The third-order valence-corrected chi connectivity index (χ3v) is 4.64. The molecule has 2 heteroatoms. The predicted octanol–water partition coefficient (Wildman–Crippen LogP) is 7.13. The molecule has 0 radical (unpaired) electrons. The van der Waals surface area contributed by atoms with Crippen LogP contribution in [0.25, 0.3) is 0 Å². The quantitative estimate of drug-likeness (QED) is 0.185. The summed E-state index contributed by atoms with van der Waals surface area (Å²) in [5.74, 6) is 0. The maximum atomic E-state index is 5.78. The van der Waals surface area contributed by atoms with Crippen molar-refractivity contribution in [2.45, 2.75) is 117 Å². The number of hydroxylamine groups is 2. The van der Waals surface area contributed by atoms with Crippen molar-refractivity contribution in [1.82, 2.24) is 5.06 Å². The first-order valence-corrected chi connectivity index (χ1v) is 10.6. The third-order valence-electron chi connectivity index (χ3n) is 4.64. The van der Waals surface area contributed by atoms with E-state index >= 15 is 0 Å². The van der Waals surface area contributed by atoms with Crippen molar-refractivity contribution in [2.24, 2.45) is 0 Å². The molecule has 0 aliphatic heterocycles. The summed E-state index contributed by atoms with van der Waals surface area (Å²) < 4.78 is 0. The molecule has 0 N–H and O–H groups in total. The summed E-state index contributed by atoms with van der Waals surface area (Å²) in [5.41, 5.74) is 0. The van der Waals surface area contributed by atoms with Gasteiger partial charge in [-0.05, 0) is 12.8 Å². The van der Waals surface area contributed by atoms with Crippen molar-refractivity contribution in [3.8, 4) is 0 Å². The van der Waals surface area contributed by atoms with Gasteiger partial charge in [0.15, 0.2) is 0 Å². The number of hydrogen-bond acceptors (Lipinski definition) is 2. The fraction of sp³-hybridized carbons (Fsp3) is 1.00. The molecule has 2 nitrogen and oxygen atoms in total. The van der Waals surface area contributed by atoms with E-state index in [1.54, 1.807) is 0 Å². The van der Waals surface area contributed by atoms with Crippen molar-refractivity contribution in [2.75, 3.05) is 20.2 Å². The van der Waals surface area contributed by atoms with Gasteiger partial charge in [-0.15, -0.1) is 0 Å². The third kappa shape index (κ3) is 19.9. The summed E-state index contributed by atoms with van der Waals surface area (Å²) in [7, 11) is 2.09. The Balaban J connectivity index is 3.11. The van der Waals surface area contributed by atoms with E-state index in [9.17, 15) is 0 Å². The van der Waals surface area contributed by atoms with Crippen LogP contribution in [0.2, 0.25) is 0 Å². The Morgan fingerprint density at radius 2 is 0.913 bits per heavy atom. The van der Waals surface area contributed by atoms with E-state index in [0.29, 0.717) is 0 Å². The zero-order chi connectivity index (χ0) is 17.0. The van der Waals surface area contributed by atoms with Crippen LogP contribution < -0.4 is 0 Å². The van der Waals surface area contributed by atoms with Gasteiger partial charge in [0.1, 0.15) is 0 Å². The molecule has 0 aliphatic carbocycles. The molecule has 0 saturated carbocycles. The highest BCUT2D eigenvalue weighted by atomic mass is 16.7. The average Bonchev–Trinajstić information content (AvgIpc) is 2.56. The molecular weight excluding hydrogens is 282 g/mol. The molecule has 0 aromatic rings. The SMILES string of the molecule is CCCCCCCCCCON(C)CCCCCCCCCC. The van der Waals surface area contributed by atoms with Crippen LogP contribution in [0.1, 0.15) is 117 Å². The van der Waals surface area contributed by atoms with Gasteiger partial charge in [-0.2, -0.15) is 5.06 Å². The predicted molar refractivity (Wildman–Crippen MR) is 104 cm³/mol. The van der Waals surface area contributed by atoms with E-state index in [1.165, 1.54) is 103 Å². The molecule has 0 atom stereocenters. The smallest absolute Gasteiger partial charge is 0.0684 e. The van der Waals surface area contributed by atoms with Gasteiger partial charge in [0, 0.05) is 13.6 Å². The molecule has 0 fully saturated rings. The minimum absolute atomic E-state index is 0.905. The van der Waals surface area contributed by atoms with E-state index in [4.69, 9.17) is 4.84 Å². The Hall–Kier alpha value is -0.0800. The first-order chi connectivity index (χ1) is 11.3. The molecule has 0 heterocycles. The summed E-state index contributed by atoms with van der Waals surface area (Å²) in [6, 6.07) is 0. The van der Waals surface area contributed by atoms with Crippen LogP contribution in [0.3, 0.4) is 0 Å². The highest BCUT2D eigenvalue weighted by Gasteiger charge is 1.99. The Bertz CT molecular complexity index is 208. The molecule has 0 rings (SSSR count). The maximum absolute atomic E-state index is 5.78. The lowest BCUT2D eigenvalue weighted by atomic mass is 10.1. The lowest BCUT2D eigenvalue weighted by Gasteiger charge is -2.16. The molecule has 0 bridgehead atoms. The summed E-state index contributed by atoms with van der Waals surface area (Å²) in [6.45, 7) is 6.55. The van der Waals surface area contributed by atoms with E-state index in [0.717, 1.165) is 13.2 Å². The van der Waals surface area contributed by atoms with Crippen molar-refractivity contribution in [3.05, 3.63) is 0 Å². The largest absolute Gasteiger partial charge is 0.299 e. The van der Waals surface area contributed by atoms with Crippen LogP contribution in [0.4, 0.5) is 0 Å². The lowest BCUT2D eigenvalue weighted by molar-refractivity contribution is -0.141. The molecule has 0 aliphatic rings. The van der Waals surface area contributed by atoms with Crippen LogP contribution >= 0.6 is 0 Å². The molecule has 0 aromatic carbocycles. The first kappa shape index (κ1) is 22.9. The highest BCUT2D eigenvalue weighted by Crippen LogP contribution is 2.10. The van der Waals surface area contributed by atoms with Gasteiger partial charge < -0.3 is 0 Å². The molecule has 0 aromatic heterocycles. The van der Waals surface area contributed by atoms with Crippen molar-refractivity contribution >= 4 is 0 Å². The molecule has 0 spiro atoms. The van der Waals surface area contributed by atoms with Crippen molar-refractivity contribution < 1.29 is 4.84 Å². The molecule has 23 heavy (non-hydrogen) atoms.